The Morgan fingerprint density at radius 3 is 2.74 bits per heavy atom. The van der Waals surface area contributed by atoms with Gasteiger partial charge in [0.25, 0.3) is 0 Å². The summed E-state index contributed by atoms with van der Waals surface area (Å²) in [4.78, 5) is 14.1. The van der Waals surface area contributed by atoms with E-state index < -0.39 is 5.60 Å². The number of aromatic nitrogens is 2. The molecule has 2 fully saturated rings. The van der Waals surface area contributed by atoms with Crippen molar-refractivity contribution < 1.29 is 9.53 Å². The van der Waals surface area contributed by atoms with Gasteiger partial charge in [0, 0.05) is 48.9 Å². The highest BCUT2D eigenvalue weighted by molar-refractivity contribution is 5.68. The molecule has 2 aliphatic rings. The van der Waals surface area contributed by atoms with Crippen LogP contribution in [-0.2, 0) is 4.74 Å². The van der Waals surface area contributed by atoms with Crippen LogP contribution < -0.4 is 5.32 Å². The molecule has 3 heterocycles. The number of rotatable bonds is 2. The van der Waals surface area contributed by atoms with Crippen LogP contribution in [0.25, 0.3) is 0 Å². The lowest BCUT2D eigenvalue weighted by molar-refractivity contribution is 0.0216. The second-order valence-corrected chi connectivity index (χ2v) is 8.18. The van der Waals surface area contributed by atoms with Crippen molar-refractivity contribution >= 4 is 6.09 Å². The first kappa shape index (κ1) is 16.3. The average Bonchev–Trinajstić information content (AvgIpc) is 3.03. The number of carbonyl (C=O) groups excluding carboxylic acids is 1. The molecule has 0 aromatic carbocycles. The zero-order chi connectivity index (χ0) is 16.8. The van der Waals surface area contributed by atoms with E-state index >= 15 is 0 Å². The summed E-state index contributed by atoms with van der Waals surface area (Å²) in [7, 11) is 0. The smallest absolute Gasteiger partial charge is 0.410 e. The first-order valence-corrected chi connectivity index (χ1v) is 8.46. The summed E-state index contributed by atoms with van der Waals surface area (Å²) in [5, 5.41) is 7.97. The molecular weight excluding hydrogens is 292 g/mol. The number of ether oxygens (including phenoxy) is 1. The van der Waals surface area contributed by atoms with Gasteiger partial charge in [-0.15, -0.1) is 0 Å². The van der Waals surface area contributed by atoms with Gasteiger partial charge >= 0.3 is 6.09 Å². The molecule has 1 N–H and O–H groups in total. The summed E-state index contributed by atoms with van der Waals surface area (Å²) in [6.07, 6.45) is 4.89. The van der Waals surface area contributed by atoms with Crippen LogP contribution in [0.5, 0.6) is 0 Å². The van der Waals surface area contributed by atoms with Crippen molar-refractivity contribution in [1.29, 1.82) is 0 Å². The molecule has 2 atom stereocenters. The van der Waals surface area contributed by atoms with Crippen molar-refractivity contribution in [3.05, 3.63) is 18.0 Å². The zero-order valence-electron chi connectivity index (χ0n) is 14.8. The van der Waals surface area contributed by atoms with E-state index in [4.69, 9.17) is 4.74 Å². The molecule has 1 aromatic rings. The van der Waals surface area contributed by atoms with E-state index in [1.807, 2.05) is 36.5 Å². The fraction of sp³-hybridized carbons (Fsp3) is 0.765. The summed E-state index contributed by atoms with van der Waals surface area (Å²) in [5.41, 5.74) is 0.903. The Morgan fingerprint density at radius 2 is 2.22 bits per heavy atom. The average molecular weight is 320 g/mol. The summed E-state index contributed by atoms with van der Waals surface area (Å²) in [6.45, 7) is 12.4. The number of carbonyl (C=O) groups is 1. The number of nitrogens with one attached hydrogen (secondary N) is 1. The van der Waals surface area contributed by atoms with Gasteiger partial charge in [0.15, 0.2) is 0 Å². The van der Waals surface area contributed by atoms with E-state index in [2.05, 4.69) is 30.5 Å². The quantitative estimate of drug-likeness (QED) is 0.910. The standard InChI is InChI=1S/C17H28N4O2/c1-12(2)21-9-13(8-19-21)14-17(10-18-14)6-7-20(11-17)15(22)23-16(3,4)5/h8-9,12,14,18H,6-7,10-11H2,1-5H3. The van der Waals surface area contributed by atoms with Gasteiger partial charge in [-0.1, -0.05) is 0 Å². The molecule has 23 heavy (non-hydrogen) atoms. The maximum absolute atomic E-state index is 12.3. The Balaban J connectivity index is 1.68. The lowest BCUT2D eigenvalue weighted by atomic mass is 9.70. The van der Waals surface area contributed by atoms with Gasteiger partial charge in [0.05, 0.1) is 6.20 Å². The second-order valence-electron chi connectivity index (χ2n) is 8.18. The van der Waals surface area contributed by atoms with Crippen molar-refractivity contribution in [2.24, 2.45) is 5.41 Å². The highest BCUT2D eigenvalue weighted by Crippen LogP contribution is 2.48. The van der Waals surface area contributed by atoms with E-state index in [1.165, 1.54) is 5.56 Å². The molecule has 0 saturated carbocycles. The van der Waals surface area contributed by atoms with Crippen LogP contribution in [0.2, 0.25) is 0 Å². The van der Waals surface area contributed by atoms with Gasteiger partial charge in [-0.25, -0.2) is 4.79 Å². The third-order valence-electron chi connectivity index (χ3n) is 4.79. The Bertz CT molecular complexity index is 590. The lowest BCUT2D eigenvalue weighted by Gasteiger charge is -2.47. The lowest BCUT2D eigenvalue weighted by Crippen LogP contribution is -2.57. The van der Waals surface area contributed by atoms with Crippen LogP contribution in [0.15, 0.2) is 12.4 Å². The zero-order valence-corrected chi connectivity index (χ0v) is 14.8. The molecule has 3 rings (SSSR count). The van der Waals surface area contributed by atoms with E-state index in [-0.39, 0.29) is 17.6 Å². The van der Waals surface area contributed by atoms with Crippen molar-refractivity contribution in [3.8, 4) is 0 Å². The maximum atomic E-state index is 12.3. The maximum Gasteiger partial charge on any atom is 0.410 e. The fourth-order valence-electron chi connectivity index (χ4n) is 3.51. The molecule has 1 spiro atoms. The van der Waals surface area contributed by atoms with Crippen LogP contribution in [0.1, 0.15) is 58.7 Å². The number of likely N-dealkylation sites (tertiary alicyclic amines) is 1. The van der Waals surface area contributed by atoms with Gasteiger partial charge in [-0.2, -0.15) is 5.10 Å². The molecule has 128 valence electrons. The Labute approximate surface area is 138 Å². The third kappa shape index (κ3) is 3.09. The van der Waals surface area contributed by atoms with E-state index in [0.717, 1.165) is 26.1 Å². The van der Waals surface area contributed by atoms with E-state index in [9.17, 15) is 4.79 Å². The monoisotopic (exact) mass is 320 g/mol. The minimum atomic E-state index is -0.442. The van der Waals surface area contributed by atoms with Crippen molar-refractivity contribution in [2.45, 2.75) is 58.7 Å². The van der Waals surface area contributed by atoms with Gasteiger partial charge in [-0.3, -0.25) is 4.68 Å². The fourth-order valence-corrected chi connectivity index (χ4v) is 3.51. The predicted molar refractivity (Wildman–Crippen MR) is 88.2 cm³/mol. The molecule has 0 radical (unpaired) electrons. The summed E-state index contributed by atoms with van der Waals surface area (Å²) >= 11 is 0. The summed E-state index contributed by atoms with van der Waals surface area (Å²) in [6, 6.07) is 0.643. The predicted octanol–water partition coefficient (Wildman–Crippen LogP) is 2.74. The molecule has 1 aromatic heterocycles. The molecule has 0 bridgehead atoms. The highest BCUT2D eigenvalue weighted by Gasteiger charge is 2.53. The number of hydrogen-bond acceptors (Lipinski definition) is 4. The first-order valence-electron chi connectivity index (χ1n) is 8.46. The minimum absolute atomic E-state index is 0.127. The van der Waals surface area contributed by atoms with Crippen LogP contribution in [-0.4, -0.2) is 46.0 Å². The molecule has 6 heteroatoms. The van der Waals surface area contributed by atoms with Crippen molar-refractivity contribution in [2.75, 3.05) is 19.6 Å². The van der Waals surface area contributed by atoms with E-state index in [1.54, 1.807) is 0 Å². The number of nitrogens with zero attached hydrogens (tertiary/aromatic N) is 3. The molecular formula is C17H28N4O2. The van der Waals surface area contributed by atoms with Gasteiger partial charge in [-0.05, 0) is 41.0 Å². The Kier molecular flexibility index (Phi) is 3.91. The molecule has 1 amide bonds. The highest BCUT2D eigenvalue weighted by atomic mass is 16.6. The molecule has 6 nitrogen and oxygen atoms in total. The summed E-state index contributed by atoms with van der Waals surface area (Å²) in [5.74, 6) is 0. The number of hydrogen-bond donors (Lipinski definition) is 1. The number of amides is 1. The van der Waals surface area contributed by atoms with Gasteiger partial charge < -0.3 is 15.0 Å². The Morgan fingerprint density at radius 1 is 1.48 bits per heavy atom. The Hall–Kier alpha value is -1.56. The molecule has 0 aliphatic carbocycles. The normalized spacial score (nSPS) is 27.6. The van der Waals surface area contributed by atoms with Crippen LogP contribution in [0.4, 0.5) is 4.79 Å². The second kappa shape index (κ2) is 5.51. The largest absolute Gasteiger partial charge is 0.444 e. The van der Waals surface area contributed by atoms with Crippen molar-refractivity contribution in [1.82, 2.24) is 20.0 Å². The molecule has 2 saturated heterocycles. The van der Waals surface area contributed by atoms with Crippen LogP contribution >= 0.6 is 0 Å². The topological polar surface area (TPSA) is 59.4 Å². The van der Waals surface area contributed by atoms with Gasteiger partial charge in [0.2, 0.25) is 0 Å². The molecule has 2 unspecified atom stereocenters. The molecule has 2 aliphatic heterocycles. The minimum Gasteiger partial charge on any atom is -0.444 e. The van der Waals surface area contributed by atoms with Crippen LogP contribution in [0, 0.1) is 5.41 Å². The van der Waals surface area contributed by atoms with E-state index in [0.29, 0.717) is 6.04 Å². The van der Waals surface area contributed by atoms with Crippen LogP contribution in [0.3, 0.4) is 0 Å². The first-order chi connectivity index (χ1) is 10.7. The summed E-state index contributed by atoms with van der Waals surface area (Å²) < 4.78 is 7.50. The third-order valence-corrected chi connectivity index (χ3v) is 4.79. The van der Waals surface area contributed by atoms with Crippen molar-refractivity contribution in [3.63, 3.8) is 0 Å². The van der Waals surface area contributed by atoms with Gasteiger partial charge in [0.1, 0.15) is 5.60 Å². The SMILES string of the molecule is CC(C)n1cc(C2NCC23CCN(C(=O)OC(C)(C)C)C3)cn1.